The molecule has 278 valence electrons. The summed E-state index contributed by atoms with van der Waals surface area (Å²) >= 11 is 0. The Morgan fingerprint density at radius 2 is 0.680 bits per heavy atom. The summed E-state index contributed by atoms with van der Waals surface area (Å²) in [5.74, 6) is 1.81. The maximum Gasteiger partial charge on any atom is 0.306 e. The molecule has 0 saturated heterocycles. The van der Waals surface area contributed by atoms with Crippen LogP contribution in [0.1, 0.15) is 156 Å². The molecule has 0 bridgehead atoms. The summed E-state index contributed by atoms with van der Waals surface area (Å²) in [5, 5.41) is 4.48. The molecule has 0 aromatic heterocycles. The first kappa shape index (κ1) is 41.1. The minimum Gasteiger partial charge on any atom is -0.492 e. The van der Waals surface area contributed by atoms with Crippen molar-refractivity contribution in [2.45, 2.75) is 168 Å². The number of ether oxygens (including phenoxy) is 4. The zero-order chi connectivity index (χ0) is 35.8. The minimum absolute atomic E-state index is 0.0166. The summed E-state index contributed by atoms with van der Waals surface area (Å²) in [6, 6.07) is 17.0. The van der Waals surface area contributed by atoms with Gasteiger partial charge in [0.2, 0.25) is 0 Å². The van der Waals surface area contributed by atoms with Crippen molar-refractivity contribution >= 4 is 33.5 Å². The number of carbonyl (C=O) groups is 2. The van der Waals surface area contributed by atoms with Gasteiger partial charge in [0.05, 0.1) is 25.4 Å². The van der Waals surface area contributed by atoms with E-state index in [-0.39, 0.29) is 24.1 Å². The van der Waals surface area contributed by atoms with Gasteiger partial charge in [0.15, 0.2) is 0 Å². The first-order valence-corrected chi connectivity index (χ1v) is 19.9. The fraction of sp³-hybridized carbons (Fsp3) is 0.636. The first-order chi connectivity index (χ1) is 24.4. The van der Waals surface area contributed by atoms with Crippen LogP contribution in [0.15, 0.2) is 48.5 Å². The van der Waals surface area contributed by atoms with Crippen molar-refractivity contribution in [3.63, 3.8) is 0 Å². The third-order valence-electron chi connectivity index (χ3n) is 9.11. The van der Waals surface area contributed by atoms with Gasteiger partial charge in [-0.15, -0.1) is 0 Å². The van der Waals surface area contributed by atoms with Crippen LogP contribution < -0.4 is 9.47 Å². The summed E-state index contributed by atoms with van der Waals surface area (Å²) in [6.07, 6.45) is 22.0. The van der Waals surface area contributed by atoms with E-state index < -0.39 is 0 Å². The molecule has 0 heterocycles. The van der Waals surface area contributed by atoms with E-state index in [1.807, 2.05) is 27.7 Å². The van der Waals surface area contributed by atoms with E-state index in [2.05, 4.69) is 48.5 Å². The van der Waals surface area contributed by atoms with E-state index in [1.54, 1.807) is 0 Å². The summed E-state index contributed by atoms with van der Waals surface area (Å²) < 4.78 is 23.5. The van der Waals surface area contributed by atoms with Crippen LogP contribution in [0.5, 0.6) is 11.5 Å². The second-order valence-corrected chi connectivity index (χ2v) is 14.4. The molecule has 3 aromatic carbocycles. The second-order valence-electron chi connectivity index (χ2n) is 14.4. The Labute approximate surface area is 303 Å². The van der Waals surface area contributed by atoms with Gasteiger partial charge in [-0.05, 0) is 53.4 Å². The molecule has 0 spiro atoms. The Hall–Kier alpha value is -3.28. The fourth-order valence-corrected chi connectivity index (χ4v) is 6.57. The van der Waals surface area contributed by atoms with Crippen molar-refractivity contribution in [1.29, 1.82) is 0 Å². The van der Waals surface area contributed by atoms with Crippen LogP contribution in [0.25, 0.3) is 21.5 Å². The average Bonchev–Trinajstić information content (AvgIpc) is 3.09. The molecule has 0 atom stereocenters. The zero-order valence-corrected chi connectivity index (χ0v) is 31.8. The van der Waals surface area contributed by atoms with Crippen molar-refractivity contribution < 1.29 is 28.5 Å². The number of esters is 2. The number of rotatable bonds is 28. The fourth-order valence-electron chi connectivity index (χ4n) is 6.57. The van der Waals surface area contributed by atoms with Gasteiger partial charge in [0, 0.05) is 34.4 Å². The smallest absolute Gasteiger partial charge is 0.306 e. The van der Waals surface area contributed by atoms with Gasteiger partial charge < -0.3 is 18.9 Å². The van der Waals surface area contributed by atoms with E-state index >= 15 is 0 Å². The highest BCUT2D eigenvalue weighted by molar-refractivity contribution is 6.11. The van der Waals surface area contributed by atoms with Crippen LogP contribution in [-0.2, 0) is 19.1 Å². The summed E-state index contributed by atoms with van der Waals surface area (Å²) in [5.41, 5.74) is 0. The Bertz CT molecular complexity index is 1220. The van der Waals surface area contributed by atoms with E-state index in [4.69, 9.17) is 18.9 Å². The van der Waals surface area contributed by atoms with Gasteiger partial charge >= 0.3 is 11.9 Å². The highest BCUT2D eigenvalue weighted by Crippen LogP contribution is 2.42. The lowest BCUT2D eigenvalue weighted by atomic mass is 10.0. The monoisotopic (exact) mass is 690 g/mol. The Balaban J connectivity index is 1.33. The molecule has 0 aliphatic heterocycles. The number of fused-ring (bicyclic) bond motifs is 2. The van der Waals surface area contributed by atoms with Crippen LogP contribution in [-0.4, -0.2) is 37.4 Å². The maximum atomic E-state index is 11.6. The van der Waals surface area contributed by atoms with Gasteiger partial charge in [-0.1, -0.05) is 138 Å². The van der Waals surface area contributed by atoms with Crippen LogP contribution in [0.3, 0.4) is 0 Å². The SMILES string of the molecule is CC(C)OC(=O)CCCCCCCCCCCOc1c2ccccc2c(OCCCCCCCCCCCC(=O)OC(C)C)c2ccccc12. The molecule has 0 unspecified atom stereocenters. The number of carbonyl (C=O) groups excluding carboxylic acids is 2. The molecule has 3 rings (SSSR count). The topological polar surface area (TPSA) is 71.1 Å². The van der Waals surface area contributed by atoms with Gasteiger partial charge in [-0.25, -0.2) is 0 Å². The van der Waals surface area contributed by atoms with Gasteiger partial charge in [0.1, 0.15) is 11.5 Å². The molecule has 0 N–H and O–H groups in total. The average molecular weight is 691 g/mol. The molecule has 6 nitrogen and oxygen atoms in total. The highest BCUT2D eigenvalue weighted by Gasteiger charge is 2.16. The number of unbranched alkanes of at least 4 members (excludes halogenated alkanes) is 16. The number of benzene rings is 3. The second kappa shape index (κ2) is 24.8. The lowest BCUT2D eigenvalue weighted by molar-refractivity contribution is -0.148. The minimum atomic E-state index is -0.0656. The van der Waals surface area contributed by atoms with Crippen molar-refractivity contribution in [3.05, 3.63) is 48.5 Å². The predicted molar refractivity (Wildman–Crippen MR) is 207 cm³/mol. The van der Waals surface area contributed by atoms with Crippen LogP contribution in [0, 0.1) is 0 Å². The Morgan fingerprint density at radius 3 is 0.960 bits per heavy atom. The zero-order valence-electron chi connectivity index (χ0n) is 31.8. The predicted octanol–water partition coefficient (Wildman–Crippen LogP) is 12.5. The molecule has 0 aliphatic rings. The number of hydrogen-bond acceptors (Lipinski definition) is 6. The lowest BCUT2D eigenvalue weighted by Crippen LogP contribution is -2.10. The molecular weight excluding hydrogens is 624 g/mol. The third kappa shape index (κ3) is 16.2. The lowest BCUT2D eigenvalue weighted by Gasteiger charge is -2.18. The Morgan fingerprint density at radius 1 is 0.420 bits per heavy atom. The van der Waals surface area contributed by atoms with E-state index in [9.17, 15) is 9.59 Å². The molecule has 0 saturated carbocycles. The molecule has 0 amide bonds. The van der Waals surface area contributed by atoms with Crippen LogP contribution in [0.4, 0.5) is 0 Å². The molecule has 6 heteroatoms. The van der Waals surface area contributed by atoms with E-state index in [1.165, 1.54) is 77.0 Å². The number of hydrogen-bond donors (Lipinski definition) is 0. The molecule has 0 aliphatic carbocycles. The van der Waals surface area contributed by atoms with Crippen molar-refractivity contribution in [2.24, 2.45) is 0 Å². The molecule has 3 aromatic rings. The molecule has 0 fully saturated rings. The third-order valence-corrected chi connectivity index (χ3v) is 9.11. The van der Waals surface area contributed by atoms with Crippen molar-refractivity contribution in [1.82, 2.24) is 0 Å². The van der Waals surface area contributed by atoms with E-state index in [0.717, 1.165) is 71.6 Å². The first-order valence-electron chi connectivity index (χ1n) is 19.9. The quantitative estimate of drug-likeness (QED) is 0.0429. The Kier molecular flexibility index (Phi) is 20.4. The maximum absolute atomic E-state index is 11.6. The summed E-state index contributed by atoms with van der Waals surface area (Å²) in [6.45, 7) is 9.03. The van der Waals surface area contributed by atoms with Crippen LogP contribution in [0.2, 0.25) is 0 Å². The normalized spacial score (nSPS) is 11.5. The van der Waals surface area contributed by atoms with Gasteiger partial charge in [-0.3, -0.25) is 9.59 Å². The van der Waals surface area contributed by atoms with E-state index in [0.29, 0.717) is 26.1 Å². The summed E-state index contributed by atoms with van der Waals surface area (Å²) in [7, 11) is 0. The standard InChI is InChI=1S/C44H66O6/c1-35(2)49-41(45)31-19-15-11-7-5-9-13-17-25-33-47-43-37-27-21-23-29-39(37)44(40-30-24-22-28-38(40)43)48-34-26-18-14-10-6-8-12-16-20-32-42(46)50-36(3)4/h21-24,27-30,35-36H,5-20,25-26,31-34H2,1-4H3. The van der Waals surface area contributed by atoms with Crippen LogP contribution >= 0.6 is 0 Å². The van der Waals surface area contributed by atoms with Crippen molar-refractivity contribution in [3.8, 4) is 11.5 Å². The molecule has 50 heavy (non-hydrogen) atoms. The largest absolute Gasteiger partial charge is 0.492 e. The summed E-state index contributed by atoms with van der Waals surface area (Å²) in [4.78, 5) is 23.3. The molecular formula is C44H66O6. The van der Waals surface area contributed by atoms with Crippen molar-refractivity contribution in [2.75, 3.05) is 13.2 Å². The highest BCUT2D eigenvalue weighted by atomic mass is 16.5. The van der Waals surface area contributed by atoms with Gasteiger partial charge in [-0.2, -0.15) is 0 Å². The van der Waals surface area contributed by atoms with Gasteiger partial charge in [0.25, 0.3) is 0 Å². The molecule has 0 radical (unpaired) electrons.